The van der Waals surface area contributed by atoms with Gasteiger partial charge in [0.05, 0.1) is 5.69 Å². The summed E-state index contributed by atoms with van der Waals surface area (Å²) in [5.74, 6) is 1.04. The van der Waals surface area contributed by atoms with Crippen LogP contribution in [0.5, 0.6) is 11.5 Å². The molecule has 0 radical (unpaired) electrons. The highest BCUT2D eigenvalue weighted by atomic mass is 79.9. The molecule has 0 amide bonds. The van der Waals surface area contributed by atoms with Crippen LogP contribution in [0.15, 0.2) is 28.9 Å². The van der Waals surface area contributed by atoms with Gasteiger partial charge in [0.1, 0.15) is 11.8 Å². The van der Waals surface area contributed by atoms with Crippen LogP contribution in [0.2, 0.25) is 0 Å². The Bertz CT molecular complexity index is 635. The summed E-state index contributed by atoms with van der Waals surface area (Å²) in [4.78, 5) is 8.29. The van der Waals surface area contributed by atoms with Crippen LogP contribution in [0, 0.1) is 25.2 Å². The first-order chi connectivity index (χ1) is 8.60. The minimum absolute atomic E-state index is 0.248. The molecule has 5 heteroatoms. The molecule has 0 aliphatic rings. The first-order valence-electron chi connectivity index (χ1n) is 5.28. The lowest BCUT2D eigenvalue weighted by Gasteiger charge is -2.09. The second-order valence-electron chi connectivity index (χ2n) is 3.75. The lowest BCUT2D eigenvalue weighted by molar-refractivity contribution is 0.471. The molecule has 4 nitrogen and oxygen atoms in total. The molecule has 0 N–H and O–H groups in total. The van der Waals surface area contributed by atoms with E-state index in [4.69, 9.17) is 10.00 Å². The Hall–Kier alpha value is -1.93. The second-order valence-corrected chi connectivity index (χ2v) is 4.67. The van der Waals surface area contributed by atoms with E-state index in [2.05, 4.69) is 25.9 Å². The molecule has 0 spiro atoms. The first kappa shape index (κ1) is 12.5. The van der Waals surface area contributed by atoms with Gasteiger partial charge in [0, 0.05) is 16.4 Å². The van der Waals surface area contributed by atoms with Crippen molar-refractivity contribution in [2.75, 3.05) is 0 Å². The molecule has 18 heavy (non-hydrogen) atoms. The van der Waals surface area contributed by atoms with Gasteiger partial charge in [-0.3, -0.25) is 4.98 Å². The van der Waals surface area contributed by atoms with Crippen molar-refractivity contribution < 1.29 is 4.74 Å². The zero-order valence-corrected chi connectivity index (χ0v) is 11.5. The fraction of sp³-hybridized carbons (Fsp3) is 0.154. The maximum atomic E-state index is 8.98. The Balaban J connectivity index is 2.40. The molecule has 0 unspecified atom stereocenters. The minimum atomic E-state index is 0.248. The predicted molar refractivity (Wildman–Crippen MR) is 70.4 cm³/mol. The van der Waals surface area contributed by atoms with Crippen LogP contribution in [0.25, 0.3) is 0 Å². The Morgan fingerprint density at radius 3 is 2.72 bits per heavy atom. The quantitative estimate of drug-likeness (QED) is 0.851. The highest BCUT2D eigenvalue weighted by Gasteiger charge is 2.09. The van der Waals surface area contributed by atoms with Crippen LogP contribution in [0.1, 0.15) is 17.1 Å². The maximum absolute atomic E-state index is 8.98. The summed E-state index contributed by atoms with van der Waals surface area (Å²) in [6.07, 6.45) is 1.56. The number of ether oxygens (including phenoxy) is 1. The standard InChI is InChI=1S/C13H10BrN3O/c1-8-3-4-12(9(2)17-8)18-13-5-10(14)7-16-11(13)6-15/h3-5,7H,1-2H3. The Kier molecular flexibility index (Phi) is 3.58. The molecule has 2 aromatic rings. The summed E-state index contributed by atoms with van der Waals surface area (Å²) in [6.45, 7) is 3.78. The number of pyridine rings is 2. The van der Waals surface area contributed by atoms with E-state index in [0.29, 0.717) is 11.5 Å². The van der Waals surface area contributed by atoms with E-state index in [1.165, 1.54) is 0 Å². The van der Waals surface area contributed by atoms with Crippen LogP contribution in [0.4, 0.5) is 0 Å². The molecule has 90 valence electrons. The van der Waals surface area contributed by atoms with Crippen LogP contribution in [0.3, 0.4) is 0 Å². The molecule has 0 saturated heterocycles. The summed E-state index contributed by atoms with van der Waals surface area (Å²) in [6, 6.07) is 7.40. The van der Waals surface area contributed by atoms with Crippen molar-refractivity contribution in [1.82, 2.24) is 9.97 Å². The fourth-order valence-corrected chi connectivity index (χ4v) is 1.79. The van der Waals surface area contributed by atoms with E-state index < -0.39 is 0 Å². The summed E-state index contributed by atoms with van der Waals surface area (Å²) in [5.41, 5.74) is 1.95. The van der Waals surface area contributed by atoms with Gasteiger partial charge in [0.25, 0.3) is 0 Å². The summed E-state index contributed by atoms with van der Waals surface area (Å²) < 4.78 is 6.45. The normalized spacial score (nSPS) is 9.89. The number of hydrogen-bond acceptors (Lipinski definition) is 4. The average molecular weight is 304 g/mol. The zero-order valence-electron chi connectivity index (χ0n) is 9.94. The van der Waals surface area contributed by atoms with Crippen molar-refractivity contribution in [3.05, 3.63) is 46.0 Å². The summed E-state index contributed by atoms with van der Waals surface area (Å²) >= 11 is 3.30. The molecule has 2 heterocycles. The third-order valence-corrected chi connectivity index (χ3v) is 2.76. The molecular weight excluding hydrogens is 294 g/mol. The van der Waals surface area contributed by atoms with Crippen molar-refractivity contribution in [3.8, 4) is 17.6 Å². The first-order valence-corrected chi connectivity index (χ1v) is 6.07. The topological polar surface area (TPSA) is 58.8 Å². The number of rotatable bonds is 2. The Morgan fingerprint density at radius 1 is 1.28 bits per heavy atom. The number of halogens is 1. The number of hydrogen-bond donors (Lipinski definition) is 0. The summed E-state index contributed by atoms with van der Waals surface area (Å²) in [5, 5.41) is 8.98. The van der Waals surface area contributed by atoms with Gasteiger partial charge in [-0.1, -0.05) is 0 Å². The number of nitriles is 1. The van der Waals surface area contributed by atoms with Gasteiger partial charge in [0.2, 0.25) is 0 Å². The third kappa shape index (κ3) is 2.66. The largest absolute Gasteiger partial charge is 0.452 e. The third-order valence-electron chi connectivity index (χ3n) is 2.32. The van der Waals surface area contributed by atoms with Crippen molar-refractivity contribution in [1.29, 1.82) is 5.26 Å². The van der Waals surface area contributed by atoms with Gasteiger partial charge < -0.3 is 4.74 Å². The van der Waals surface area contributed by atoms with Gasteiger partial charge in [-0.2, -0.15) is 5.26 Å². The molecule has 0 aliphatic carbocycles. The highest BCUT2D eigenvalue weighted by molar-refractivity contribution is 9.10. The highest BCUT2D eigenvalue weighted by Crippen LogP contribution is 2.28. The summed E-state index contributed by atoms with van der Waals surface area (Å²) in [7, 11) is 0. The number of aromatic nitrogens is 2. The van der Waals surface area contributed by atoms with Gasteiger partial charge in [-0.15, -0.1) is 0 Å². The Morgan fingerprint density at radius 2 is 2.06 bits per heavy atom. The molecule has 2 aromatic heterocycles. The number of aryl methyl sites for hydroxylation is 2. The fourth-order valence-electron chi connectivity index (χ4n) is 1.48. The van der Waals surface area contributed by atoms with Gasteiger partial charge in [0.15, 0.2) is 11.4 Å². The lowest BCUT2D eigenvalue weighted by atomic mass is 10.3. The smallest absolute Gasteiger partial charge is 0.183 e. The van der Waals surface area contributed by atoms with Crippen LogP contribution < -0.4 is 4.74 Å². The zero-order chi connectivity index (χ0) is 13.1. The van der Waals surface area contributed by atoms with Gasteiger partial charge in [-0.25, -0.2) is 4.98 Å². The minimum Gasteiger partial charge on any atom is -0.452 e. The van der Waals surface area contributed by atoms with E-state index >= 15 is 0 Å². The van der Waals surface area contributed by atoms with Crippen molar-refractivity contribution in [2.45, 2.75) is 13.8 Å². The van der Waals surface area contributed by atoms with E-state index in [0.717, 1.165) is 15.9 Å². The van der Waals surface area contributed by atoms with Crippen molar-refractivity contribution in [3.63, 3.8) is 0 Å². The molecular formula is C13H10BrN3O. The average Bonchev–Trinajstić information content (AvgIpc) is 2.33. The second kappa shape index (κ2) is 5.15. The van der Waals surface area contributed by atoms with E-state index in [1.54, 1.807) is 12.3 Å². The monoisotopic (exact) mass is 303 g/mol. The van der Waals surface area contributed by atoms with E-state index in [-0.39, 0.29) is 5.69 Å². The molecule has 0 bridgehead atoms. The molecule has 0 atom stereocenters. The maximum Gasteiger partial charge on any atom is 0.183 e. The van der Waals surface area contributed by atoms with Gasteiger partial charge >= 0.3 is 0 Å². The lowest BCUT2D eigenvalue weighted by Crippen LogP contribution is -1.95. The number of nitrogens with zero attached hydrogens (tertiary/aromatic N) is 3. The van der Waals surface area contributed by atoms with Crippen LogP contribution >= 0.6 is 15.9 Å². The Labute approximate surface area is 113 Å². The molecule has 0 saturated carbocycles. The van der Waals surface area contributed by atoms with Crippen LogP contribution in [-0.4, -0.2) is 9.97 Å². The molecule has 0 aromatic carbocycles. The van der Waals surface area contributed by atoms with Crippen LogP contribution in [-0.2, 0) is 0 Å². The van der Waals surface area contributed by atoms with Gasteiger partial charge in [-0.05, 0) is 48.0 Å². The van der Waals surface area contributed by atoms with E-state index in [9.17, 15) is 0 Å². The molecule has 0 fully saturated rings. The van der Waals surface area contributed by atoms with Crippen molar-refractivity contribution in [2.24, 2.45) is 0 Å². The van der Waals surface area contributed by atoms with E-state index in [1.807, 2.05) is 32.0 Å². The SMILES string of the molecule is Cc1ccc(Oc2cc(Br)cnc2C#N)c(C)n1. The van der Waals surface area contributed by atoms with Crippen molar-refractivity contribution >= 4 is 15.9 Å². The molecule has 2 rings (SSSR count). The predicted octanol–water partition coefficient (Wildman–Crippen LogP) is 3.52. The molecule has 0 aliphatic heterocycles.